The van der Waals surface area contributed by atoms with E-state index in [1.54, 1.807) is 7.05 Å². The van der Waals surface area contributed by atoms with Crippen LogP contribution in [0, 0.1) is 11.8 Å². The lowest BCUT2D eigenvalue weighted by Gasteiger charge is -2.34. The number of carbonyl (C=O) groups is 1. The Bertz CT molecular complexity index is 625. The van der Waals surface area contributed by atoms with Gasteiger partial charge in [-0.1, -0.05) is 13.0 Å². The molecule has 1 aromatic heterocycles. The van der Waals surface area contributed by atoms with Crippen molar-refractivity contribution in [3.8, 4) is 0 Å². The van der Waals surface area contributed by atoms with Gasteiger partial charge < -0.3 is 20.3 Å². The fraction of sp³-hybridized carbons (Fsp3) is 0.714. The summed E-state index contributed by atoms with van der Waals surface area (Å²) < 4.78 is 5.51. The monoisotopic (exact) mass is 408 g/mol. The van der Waals surface area contributed by atoms with Crippen molar-refractivity contribution in [3.05, 3.63) is 22.4 Å². The minimum Gasteiger partial charge on any atom is -0.444 e. The zero-order valence-electron chi connectivity index (χ0n) is 18.0. The molecular formula is C21H36N4O2S. The first-order valence-electron chi connectivity index (χ1n) is 10.2. The van der Waals surface area contributed by atoms with E-state index in [-0.39, 0.29) is 6.09 Å². The Hall–Kier alpha value is -1.76. The van der Waals surface area contributed by atoms with Crippen LogP contribution in [0.4, 0.5) is 4.79 Å². The van der Waals surface area contributed by atoms with Crippen LogP contribution in [0.1, 0.15) is 45.4 Å². The zero-order chi connectivity index (χ0) is 20.6. The Morgan fingerprint density at radius 2 is 2.21 bits per heavy atom. The summed E-state index contributed by atoms with van der Waals surface area (Å²) in [6, 6.07) is 4.29. The molecule has 1 aliphatic heterocycles. The van der Waals surface area contributed by atoms with E-state index in [2.05, 4.69) is 40.1 Å². The fourth-order valence-corrected chi connectivity index (χ4v) is 4.17. The largest absolute Gasteiger partial charge is 0.444 e. The van der Waals surface area contributed by atoms with Crippen molar-refractivity contribution in [2.24, 2.45) is 16.8 Å². The van der Waals surface area contributed by atoms with Gasteiger partial charge in [0.15, 0.2) is 5.96 Å². The number of nitrogens with one attached hydrogen (secondary N) is 2. The molecule has 1 aliphatic rings. The number of thiophene rings is 1. The van der Waals surface area contributed by atoms with Crippen molar-refractivity contribution >= 4 is 23.4 Å². The van der Waals surface area contributed by atoms with Crippen LogP contribution in [-0.4, -0.2) is 55.8 Å². The number of rotatable bonds is 6. The highest BCUT2D eigenvalue weighted by atomic mass is 32.1. The number of ether oxygens (including phenoxy) is 1. The quantitative estimate of drug-likeness (QED) is 0.556. The molecule has 6 nitrogen and oxygen atoms in total. The van der Waals surface area contributed by atoms with Crippen LogP contribution in [-0.2, 0) is 11.2 Å². The lowest BCUT2D eigenvalue weighted by atomic mass is 9.98. The maximum atomic E-state index is 12.3. The summed E-state index contributed by atoms with van der Waals surface area (Å²) in [5.41, 5.74) is -0.450. The van der Waals surface area contributed by atoms with Crippen LogP contribution in [0.15, 0.2) is 22.5 Å². The summed E-state index contributed by atoms with van der Waals surface area (Å²) in [7, 11) is 1.80. The molecule has 1 aromatic rings. The van der Waals surface area contributed by atoms with E-state index in [1.807, 2.05) is 37.0 Å². The molecular weight excluding hydrogens is 372 g/mol. The highest BCUT2D eigenvalue weighted by molar-refractivity contribution is 7.09. The molecule has 2 N–H and O–H groups in total. The minimum absolute atomic E-state index is 0.206. The Labute approximate surface area is 173 Å². The molecule has 0 saturated carbocycles. The number of aliphatic imine (C=N–C) groups is 1. The minimum atomic E-state index is -0.450. The lowest BCUT2D eigenvalue weighted by molar-refractivity contribution is 0.0168. The Morgan fingerprint density at radius 3 is 2.86 bits per heavy atom. The summed E-state index contributed by atoms with van der Waals surface area (Å²) in [6.07, 6.45) is 2.99. The molecule has 28 heavy (non-hydrogen) atoms. The van der Waals surface area contributed by atoms with Crippen molar-refractivity contribution in [1.29, 1.82) is 0 Å². The van der Waals surface area contributed by atoms with E-state index in [9.17, 15) is 4.79 Å². The third-order valence-corrected chi connectivity index (χ3v) is 5.60. The Morgan fingerprint density at radius 1 is 1.43 bits per heavy atom. The molecule has 0 aliphatic carbocycles. The maximum absolute atomic E-state index is 12.3. The smallest absolute Gasteiger partial charge is 0.410 e. The molecule has 2 heterocycles. The van der Waals surface area contributed by atoms with E-state index in [4.69, 9.17) is 4.74 Å². The van der Waals surface area contributed by atoms with Crippen LogP contribution in [0.3, 0.4) is 0 Å². The van der Waals surface area contributed by atoms with E-state index in [0.29, 0.717) is 11.8 Å². The van der Waals surface area contributed by atoms with Gasteiger partial charge in [0.2, 0.25) is 0 Å². The lowest BCUT2D eigenvalue weighted by Crippen LogP contribution is -2.47. The number of amides is 1. The summed E-state index contributed by atoms with van der Waals surface area (Å²) >= 11 is 1.81. The SMILES string of the molecule is CN=C(NCC(C)Cc1cccs1)NCC1CCCN(C(=O)OC(C)(C)C)C1. The molecule has 1 saturated heterocycles. The third kappa shape index (κ3) is 8.09. The molecule has 1 amide bonds. The highest BCUT2D eigenvalue weighted by Crippen LogP contribution is 2.19. The standard InChI is InChI=1S/C21H36N4O2S/c1-16(12-18-9-7-11-28-18)13-23-19(22-5)24-14-17-8-6-10-25(15-17)20(26)27-21(2,3)4/h7,9,11,16-17H,6,8,10,12-15H2,1-5H3,(H2,22,23,24). The van der Waals surface area contributed by atoms with Gasteiger partial charge in [-0.15, -0.1) is 11.3 Å². The van der Waals surface area contributed by atoms with Gasteiger partial charge in [0.25, 0.3) is 0 Å². The Kier molecular flexibility index (Phi) is 8.60. The molecule has 2 rings (SSSR count). The average Bonchev–Trinajstić information content (AvgIpc) is 3.13. The topological polar surface area (TPSA) is 66.0 Å². The van der Waals surface area contributed by atoms with E-state index in [0.717, 1.165) is 51.4 Å². The molecule has 0 aromatic carbocycles. The second-order valence-electron chi connectivity index (χ2n) is 8.66. The number of hydrogen-bond donors (Lipinski definition) is 2. The van der Waals surface area contributed by atoms with Crippen LogP contribution in [0.25, 0.3) is 0 Å². The maximum Gasteiger partial charge on any atom is 0.410 e. The first-order chi connectivity index (χ1) is 13.3. The third-order valence-electron chi connectivity index (χ3n) is 4.70. The molecule has 0 radical (unpaired) electrons. The van der Waals surface area contributed by atoms with Crippen LogP contribution >= 0.6 is 11.3 Å². The van der Waals surface area contributed by atoms with Gasteiger partial charge in [-0.25, -0.2) is 4.79 Å². The van der Waals surface area contributed by atoms with Crippen LogP contribution < -0.4 is 10.6 Å². The van der Waals surface area contributed by atoms with Crippen molar-refractivity contribution in [2.75, 3.05) is 33.2 Å². The number of likely N-dealkylation sites (tertiary alicyclic amines) is 1. The second-order valence-corrected chi connectivity index (χ2v) is 9.69. The fourth-order valence-electron chi connectivity index (χ4n) is 3.30. The second kappa shape index (κ2) is 10.7. The van der Waals surface area contributed by atoms with Crippen molar-refractivity contribution < 1.29 is 9.53 Å². The first kappa shape index (κ1) is 22.5. The van der Waals surface area contributed by atoms with Crippen LogP contribution in [0.5, 0.6) is 0 Å². The molecule has 7 heteroatoms. The average molecular weight is 409 g/mol. The normalized spacial score (nSPS) is 19.2. The number of guanidine groups is 1. The predicted molar refractivity (Wildman–Crippen MR) is 117 cm³/mol. The van der Waals surface area contributed by atoms with Gasteiger partial charge in [0.1, 0.15) is 5.60 Å². The summed E-state index contributed by atoms with van der Waals surface area (Å²) in [5, 5.41) is 8.97. The van der Waals surface area contributed by atoms with Crippen molar-refractivity contribution in [1.82, 2.24) is 15.5 Å². The van der Waals surface area contributed by atoms with Gasteiger partial charge in [0, 0.05) is 38.1 Å². The van der Waals surface area contributed by atoms with Gasteiger partial charge in [-0.3, -0.25) is 4.99 Å². The molecule has 2 atom stereocenters. The molecule has 1 fully saturated rings. The molecule has 0 spiro atoms. The summed E-state index contributed by atoms with van der Waals surface area (Å²) in [6.45, 7) is 11.2. The Balaban J connectivity index is 1.72. The summed E-state index contributed by atoms with van der Waals surface area (Å²) in [4.78, 5) is 19.9. The zero-order valence-corrected chi connectivity index (χ0v) is 18.8. The molecule has 0 bridgehead atoms. The van der Waals surface area contributed by atoms with Crippen molar-refractivity contribution in [3.63, 3.8) is 0 Å². The van der Waals surface area contributed by atoms with Gasteiger partial charge in [0.05, 0.1) is 0 Å². The number of piperidine rings is 1. The van der Waals surface area contributed by atoms with Crippen LogP contribution in [0.2, 0.25) is 0 Å². The van der Waals surface area contributed by atoms with Crippen molar-refractivity contribution in [2.45, 2.75) is 52.6 Å². The van der Waals surface area contributed by atoms with Gasteiger partial charge in [-0.05, 0) is 63.3 Å². The van der Waals surface area contributed by atoms with E-state index in [1.165, 1.54) is 4.88 Å². The number of carbonyl (C=O) groups excluding carboxylic acids is 1. The number of hydrogen-bond acceptors (Lipinski definition) is 4. The number of nitrogens with zero attached hydrogens (tertiary/aromatic N) is 2. The van der Waals surface area contributed by atoms with E-state index >= 15 is 0 Å². The highest BCUT2D eigenvalue weighted by Gasteiger charge is 2.27. The predicted octanol–water partition coefficient (Wildman–Crippen LogP) is 3.74. The molecule has 2 unspecified atom stereocenters. The first-order valence-corrected chi connectivity index (χ1v) is 11.1. The van der Waals surface area contributed by atoms with Gasteiger partial charge >= 0.3 is 6.09 Å². The van der Waals surface area contributed by atoms with E-state index < -0.39 is 5.60 Å². The van der Waals surface area contributed by atoms with Gasteiger partial charge in [-0.2, -0.15) is 0 Å². The summed E-state index contributed by atoms with van der Waals surface area (Å²) in [5.74, 6) is 1.77. The molecule has 158 valence electrons.